The Bertz CT molecular complexity index is 5560. The van der Waals surface area contributed by atoms with Crippen LogP contribution in [-0.2, 0) is 84.5 Å². The van der Waals surface area contributed by atoms with Crippen LogP contribution >= 0.6 is 23.2 Å². The SMILES string of the molecule is COCCn1cc(C(=O)C(F)(F)F)c2c(C(F)(F)F)cccc21.COCCn1cc(C(=O)CCC2CCC(F)(F)CC2)c2c(Cl)cccc21.COCCn1cc(C(=O)O)c2c(C(F)(F)F)cccc21.COCCn1ccc2c(C(F)(F)F)cccc21.NCC1CCC(F)(F)CC1.O=C(CCC1CCC(F)(F)CC1)c1cn(CCO)c2cccc(Cl)c12.O=C(OC(=O)C(F)(F)F)C(F)(F)F. The van der Waals surface area contributed by atoms with Gasteiger partial charge in [-0.2, -0.15) is 79.0 Å². The first kappa shape index (κ1) is 111. The van der Waals surface area contributed by atoms with Gasteiger partial charge in [-0.25, -0.2) is 40.7 Å². The number of benzene rings is 5. The van der Waals surface area contributed by atoms with Crippen LogP contribution < -0.4 is 5.73 Å². The number of ether oxygens (including phenoxy) is 5. The number of carboxylic acids is 1. The first-order chi connectivity index (χ1) is 62.5. The van der Waals surface area contributed by atoms with Crippen molar-refractivity contribution in [2.24, 2.45) is 23.5 Å². The van der Waals surface area contributed by atoms with Crippen LogP contribution in [0.5, 0.6) is 0 Å². The Labute approximate surface area is 759 Å². The zero-order valence-corrected chi connectivity index (χ0v) is 73.5. The highest BCUT2D eigenvalue weighted by Crippen LogP contribution is 2.45. The molecule has 0 bridgehead atoms. The van der Waals surface area contributed by atoms with Gasteiger partial charge in [0, 0.05) is 198 Å². The predicted molar refractivity (Wildman–Crippen MR) is 447 cm³/mol. The summed E-state index contributed by atoms with van der Waals surface area (Å²) in [6.45, 7) is 3.76. The number of halogens is 26. The molecule has 3 aliphatic rings. The summed E-state index contributed by atoms with van der Waals surface area (Å²) < 4.78 is 330. The van der Waals surface area contributed by atoms with Crippen LogP contribution in [0.1, 0.15) is 161 Å². The average Bonchev–Trinajstić information content (AvgIpc) is 1.60. The maximum absolute atomic E-state index is 13.3. The molecule has 0 radical (unpaired) electrons. The highest BCUT2D eigenvalue weighted by molar-refractivity contribution is 6.37. The number of fused-ring (bicyclic) bond motifs is 5. The molecule has 10 aromatic rings. The van der Waals surface area contributed by atoms with E-state index in [2.05, 4.69) is 4.74 Å². The molecule has 45 heteroatoms. The van der Waals surface area contributed by atoms with Gasteiger partial charge in [-0.1, -0.05) is 53.5 Å². The molecular formula is C89H94Cl2F24N6O13. The highest BCUT2D eigenvalue weighted by Gasteiger charge is 2.50. The number of aromatic nitrogens is 5. The topological polar surface area (TPSA) is 240 Å². The molecule has 0 unspecified atom stereocenters. The zero-order valence-electron chi connectivity index (χ0n) is 72.0. The number of aliphatic hydroxyl groups excluding tert-OH is 1. The van der Waals surface area contributed by atoms with E-state index >= 15 is 0 Å². The minimum Gasteiger partial charge on any atom is -0.478 e. The van der Waals surface area contributed by atoms with Crippen LogP contribution in [0.4, 0.5) is 105 Å². The van der Waals surface area contributed by atoms with Crippen molar-refractivity contribution in [1.82, 2.24) is 22.8 Å². The fourth-order valence-corrected chi connectivity index (χ4v) is 15.8. The number of hydrogen-bond acceptors (Lipinski definition) is 13. The van der Waals surface area contributed by atoms with Crippen molar-refractivity contribution in [2.75, 3.05) is 68.0 Å². The molecule has 3 saturated carbocycles. The molecule has 5 aromatic heterocycles. The van der Waals surface area contributed by atoms with Crippen LogP contribution in [0, 0.1) is 17.8 Å². The molecule has 0 saturated heterocycles. The predicted octanol–water partition coefficient (Wildman–Crippen LogP) is 24.1. The number of nitrogens with zero attached hydrogens (tertiary/aromatic N) is 5. The maximum Gasteiger partial charge on any atom is 0.491 e. The number of aliphatic hydroxyl groups is 1. The number of carbonyl (C=O) groups is 6. The number of aromatic carboxylic acids is 1. The Kier molecular flexibility index (Phi) is 39.6. The monoisotopic (exact) mass is 1980 g/mol. The van der Waals surface area contributed by atoms with Gasteiger partial charge in [0.15, 0.2) is 11.6 Å². The molecule has 0 aliphatic heterocycles. The third-order valence-electron chi connectivity index (χ3n) is 22.1. The number of hydrogen-bond donors (Lipinski definition) is 3. The fourth-order valence-electron chi connectivity index (χ4n) is 15.2. The van der Waals surface area contributed by atoms with Gasteiger partial charge in [0.1, 0.15) is 0 Å². The van der Waals surface area contributed by atoms with E-state index in [1.165, 1.54) is 55.3 Å². The second-order valence-electron chi connectivity index (χ2n) is 31.4. The summed E-state index contributed by atoms with van der Waals surface area (Å²) in [5.41, 5.74) is 4.76. The number of esters is 2. The molecule has 3 fully saturated rings. The van der Waals surface area contributed by atoms with Gasteiger partial charge >= 0.3 is 55.0 Å². The van der Waals surface area contributed by atoms with E-state index < -0.39 is 106 Å². The molecule has 0 atom stereocenters. The van der Waals surface area contributed by atoms with Gasteiger partial charge in [0.05, 0.1) is 81.9 Å². The lowest BCUT2D eigenvalue weighted by atomic mass is 9.83. The number of rotatable bonds is 25. The van der Waals surface area contributed by atoms with E-state index in [1.807, 2.05) is 39.6 Å². The summed E-state index contributed by atoms with van der Waals surface area (Å²) in [5, 5.41) is 20.0. The van der Waals surface area contributed by atoms with Crippen molar-refractivity contribution in [1.29, 1.82) is 0 Å². The van der Waals surface area contributed by atoms with E-state index in [0.717, 1.165) is 45.4 Å². The molecule has 19 nitrogen and oxygen atoms in total. The average molecular weight is 1980 g/mol. The third-order valence-corrected chi connectivity index (χ3v) is 22.8. The molecule has 740 valence electrons. The van der Waals surface area contributed by atoms with E-state index in [1.54, 1.807) is 49.4 Å². The molecule has 0 spiro atoms. The number of carbonyl (C=O) groups excluding carboxylic acids is 5. The molecule has 4 N–H and O–H groups in total. The highest BCUT2D eigenvalue weighted by atomic mass is 35.5. The summed E-state index contributed by atoms with van der Waals surface area (Å²) in [6, 6.07) is 23.3. The smallest absolute Gasteiger partial charge is 0.478 e. The zero-order chi connectivity index (χ0) is 100. The van der Waals surface area contributed by atoms with Gasteiger partial charge in [-0.05, 0) is 142 Å². The Hall–Kier alpha value is -9.92. The summed E-state index contributed by atoms with van der Waals surface area (Å²) in [5.74, 6) is -16.8. The van der Waals surface area contributed by atoms with Crippen molar-refractivity contribution in [3.05, 3.63) is 177 Å². The summed E-state index contributed by atoms with van der Waals surface area (Å²) in [4.78, 5) is 67.5. The standard InChI is InChI=1S/C20H24ClF2NO2.C19H22ClF2NO2.C14H11F6NO2.C13H12F3NO3.C12H12F3NO.C7H13F2N.C4F6O3/c1-26-12-11-24-13-15(19-16(21)3-2-4-17(19)24)18(25)6-5-14-7-9-20(22,23)10-8-14;20-15-2-1-3-16-18(15)14(12-23(16)10-11-24)17(25)5-4-13-6-8-19(21,22)9-7-13;1-23-6-5-21-7-8(12(22)14(18,19)20)11-9(13(15,16)17)3-2-4-10(11)21;1-20-6-5-17-7-8(12(18)19)11-9(13(14,15)16)3-2-4-10(11)17;1-17-8-7-16-6-5-9-10(12(13,14)15)3-2-4-11(9)16;8-7(9)3-1-6(5-10)2-4-7;5-3(6,7)1(11)13-2(12)4(8,9)10/h2-4,13-14H,5-12H2,1H3;1-3,12-13,24H,4-11H2;2-4,7H,5-6H2,1H3;2-4,7H,5-6H2,1H3,(H,18,19);2-6H,7-8H2,1H3;6H,1-5,10H2;. The summed E-state index contributed by atoms with van der Waals surface area (Å²) >= 11 is 12.6. The van der Waals surface area contributed by atoms with E-state index in [4.69, 9.17) is 53.0 Å². The van der Waals surface area contributed by atoms with Crippen molar-refractivity contribution in [3.63, 3.8) is 0 Å². The van der Waals surface area contributed by atoms with Gasteiger partial charge in [-0.3, -0.25) is 14.4 Å². The molecule has 0 amide bonds. The first-order valence-electron chi connectivity index (χ1n) is 41.3. The van der Waals surface area contributed by atoms with Crippen molar-refractivity contribution in [2.45, 2.75) is 190 Å². The lowest BCUT2D eigenvalue weighted by Crippen LogP contribution is -2.34. The number of carboxylic acid groups (broad SMARTS) is 1. The van der Waals surface area contributed by atoms with Crippen LogP contribution in [0.25, 0.3) is 54.5 Å². The summed E-state index contributed by atoms with van der Waals surface area (Å²) in [7, 11) is 6.00. The maximum atomic E-state index is 13.3. The van der Waals surface area contributed by atoms with Gasteiger partial charge < -0.3 is 62.5 Å². The van der Waals surface area contributed by atoms with Crippen molar-refractivity contribution < 1.29 is 168 Å². The van der Waals surface area contributed by atoms with Crippen LogP contribution in [-0.4, -0.2) is 173 Å². The minimum atomic E-state index is -5.62. The Morgan fingerprint density at radius 2 is 0.701 bits per heavy atom. The van der Waals surface area contributed by atoms with Gasteiger partial charge in [0.2, 0.25) is 17.8 Å². The Morgan fingerprint density at radius 3 is 1.03 bits per heavy atom. The fraction of sp³-hybridized carbons (Fsp3) is 0.483. The second-order valence-corrected chi connectivity index (χ2v) is 32.2. The van der Waals surface area contributed by atoms with Crippen molar-refractivity contribution >= 4 is 113 Å². The molecule has 3 aliphatic carbocycles. The minimum absolute atomic E-state index is 0.0133. The molecule has 13 rings (SSSR count). The molecule has 5 heterocycles. The lowest BCUT2D eigenvalue weighted by Gasteiger charge is -2.27. The number of alkyl halides is 24. The molecule has 134 heavy (non-hydrogen) atoms. The van der Waals surface area contributed by atoms with Crippen molar-refractivity contribution in [3.8, 4) is 0 Å². The number of Topliss-reactive ketones (excluding diaryl/α,β-unsaturated/α-hetero) is 3. The molecular weight excluding hydrogens is 1890 g/mol. The lowest BCUT2D eigenvalue weighted by molar-refractivity contribution is -0.221. The van der Waals surface area contributed by atoms with E-state index in [9.17, 15) is 139 Å². The first-order valence-corrected chi connectivity index (χ1v) is 42.0. The third kappa shape index (κ3) is 31.1. The normalized spacial score (nSPS) is 15.5. The van der Waals surface area contributed by atoms with Crippen LogP contribution in [0.3, 0.4) is 0 Å². The van der Waals surface area contributed by atoms with Gasteiger partial charge in [0.25, 0.3) is 5.78 Å². The van der Waals surface area contributed by atoms with Crippen LogP contribution in [0.15, 0.2) is 128 Å². The summed E-state index contributed by atoms with van der Waals surface area (Å²) in [6.07, 6.45) is -18.1. The van der Waals surface area contributed by atoms with Gasteiger partial charge in [-0.15, -0.1) is 0 Å². The quantitative estimate of drug-likeness (QED) is 0.0209. The Morgan fingerprint density at radius 1 is 0.396 bits per heavy atom. The molecule has 5 aromatic carbocycles. The number of ketones is 3. The van der Waals surface area contributed by atoms with E-state index in [-0.39, 0.29) is 122 Å². The van der Waals surface area contributed by atoms with E-state index in [0.29, 0.717) is 148 Å². The Balaban J connectivity index is 0.000000217. The van der Waals surface area contributed by atoms with Crippen LogP contribution in [0.2, 0.25) is 10.0 Å². The largest absolute Gasteiger partial charge is 0.491 e. The number of nitrogens with two attached hydrogens (primary N) is 1. The second kappa shape index (κ2) is 47.7. The number of methoxy groups -OCH3 is 4.